The Labute approximate surface area is 224 Å². The van der Waals surface area contributed by atoms with Crippen molar-refractivity contribution >= 4 is 11.9 Å². The number of fused-ring (bicyclic) bond motifs is 5. The first-order valence-corrected chi connectivity index (χ1v) is 14.5. The van der Waals surface area contributed by atoms with Crippen LogP contribution in [-0.2, 0) is 14.3 Å². The molecule has 0 aromatic carbocycles. The number of aliphatic hydroxyl groups is 1. The first kappa shape index (κ1) is 28.4. The number of esters is 1. The van der Waals surface area contributed by atoms with Gasteiger partial charge in [0.05, 0.1) is 5.60 Å². The van der Waals surface area contributed by atoms with Gasteiger partial charge in [-0.1, -0.05) is 52.3 Å². The van der Waals surface area contributed by atoms with Crippen molar-refractivity contribution in [2.45, 2.75) is 125 Å². The molecule has 0 aromatic rings. The van der Waals surface area contributed by atoms with Gasteiger partial charge in [-0.3, -0.25) is 4.79 Å². The molecule has 0 amide bonds. The maximum atomic E-state index is 11.8. The van der Waals surface area contributed by atoms with Crippen molar-refractivity contribution in [1.82, 2.24) is 0 Å². The van der Waals surface area contributed by atoms with Crippen LogP contribution in [0.25, 0.3) is 0 Å². The second-order valence-corrected chi connectivity index (χ2v) is 14.4. The molecule has 0 radical (unpaired) electrons. The zero-order valence-electron chi connectivity index (χ0n) is 24.4. The van der Waals surface area contributed by atoms with Gasteiger partial charge in [-0.15, -0.1) is 0 Å². The maximum Gasteiger partial charge on any atom is 0.330 e. The molecule has 0 aliphatic heterocycles. The van der Waals surface area contributed by atoms with Crippen molar-refractivity contribution in [2.24, 2.45) is 39.4 Å². The summed E-state index contributed by atoms with van der Waals surface area (Å²) in [6.45, 7) is 17.1. The molecule has 208 valence electrons. The highest BCUT2D eigenvalue weighted by Crippen LogP contribution is 2.73. The lowest BCUT2D eigenvalue weighted by Crippen LogP contribution is -2.59. The lowest BCUT2D eigenvalue weighted by Gasteiger charge is -2.64. The van der Waals surface area contributed by atoms with Crippen LogP contribution in [0.1, 0.15) is 113 Å². The zero-order valence-corrected chi connectivity index (χ0v) is 24.4. The van der Waals surface area contributed by atoms with Crippen molar-refractivity contribution in [2.75, 3.05) is 0 Å². The molecule has 3 saturated carbocycles. The molecule has 37 heavy (non-hydrogen) atoms. The van der Waals surface area contributed by atoms with Crippen molar-refractivity contribution in [1.29, 1.82) is 0 Å². The van der Waals surface area contributed by atoms with Gasteiger partial charge in [0.15, 0.2) is 0 Å². The molecule has 4 aliphatic carbocycles. The van der Waals surface area contributed by atoms with E-state index >= 15 is 0 Å². The number of carboxylic acid groups (broad SMARTS) is 1. The molecule has 4 aliphatic rings. The molecule has 5 heteroatoms. The first-order valence-electron chi connectivity index (χ1n) is 14.5. The molecule has 0 saturated heterocycles. The number of carboxylic acids is 1. The normalized spacial score (nSPS) is 42.5. The Morgan fingerprint density at radius 2 is 1.76 bits per heavy atom. The minimum Gasteiger partial charge on any atom is -0.478 e. The Morgan fingerprint density at radius 1 is 1.08 bits per heavy atom. The van der Waals surface area contributed by atoms with E-state index in [0.717, 1.165) is 44.9 Å². The summed E-state index contributed by atoms with van der Waals surface area (Å²) >= 11 is 0. The van der Waals surface area contributed by atoms with Crippen LogP contribution in [0.5, 0.6) is 0 Å². The second kappa shape index (κ2) is 9.24. The number of carbonyl (C=O) groups excluding carboxylic acids is 1. The summed E-state index contributed by atoms with van der Waals surface area (Å²) in [7, 11) is 0. The van der Waals surface area contributed by atoms with Crippen LogP contribution in [0.15, 0.2) is 23.3 Å². The highest BCUT2D eigenvalue weighted by molar-refractivity contribution is 5.85. The number of carbonyl (C=O) groups is 2. The van der Waals surface area contributed by atoms with E-state index in [-0.39, 0.29) is 39.7 Å². The second-order valence-electron chi connectivity index (χ2n) is 14.4. The van der Waals surface area contributed by atoms with Crippen LogP contribution in [0.2, 0.25) is 0 Å². The van der Waals surface area contributed by atoms with Gasteiger partial charge < -0.3 is 14.9 Å². The fourth-order valence-electron chi connectivity index (χ4n) is 9.93. The van der Waals surface area contributed by atoms with Crippen LogP contribution in [-0.4, -0.2) is 33.9 Å². The quantitative estimate of drug-likeness (QED) is 0.225. The highest BCUT2D eigenvalue weighted by Gasteiger charge is 2.67. The Kier molecular flexibility index (Phi) is 7.09. The minimum atomic E-state index is -0.889. The predicted octanol–water partition coefficient (Wildman–Crippen LogP) is 7.09. The molecule has 2 N–H and O–H groups in total. The molecule has 3 fully saturated rings. The zero-order chi connectivity index (χ0) is 27.6. The Morgan fingerprint density at radius 3 is 2.38 bits per heavy atom. The van der Waals surface area contributed by atoms with Gasteiger partial charge >= 0.3 is 11.9 Å². The van der Waals surface area contributed by atoms with E-state index in [4.69, 9.17) is 4.74 Å². The monoisotopic (exact) mass is 514 g/mol. The van der Waals surface area contributed by atoms with Gasteiger partial charge in [-0.25, -0.2) is 4.79 Å². The fraction of sp³-hybridized carbons (Fsp3) is 0.812. The summed E-state index contributed by atoms with van der Waals surface area (Å²) in [4.78, 5) is 23.0. The Hall–Kier alpha value is -1.62. The SMILES string of the molecule is CC(=O)O[C@@H]1CC[C@]2(C)[C@H]3CC[C@]4(C)[C@@H]([C@@](C)(O)CC/C=C(\C)C(=O)O)CC[C@@]4(C)C3=CC[C@H]2C1(C)C. The summed E-state index contributed by atoms with van der Waals surface area (Å²) in [6.07, 6.45) is 12.8. The number of aliphatic carboxylic acids is 1. The summed E-state index contributed by atoms with van der Waals surface area (Å²) in [5, 5.41) is 20.9. The number of hydrogen-bond donors (Lipinski definition) is 2. The molecule has 8 atom stereocenters. The summed E-state index contributed by atoms with van der Waals surface area (Å²) < 4.78 is 5.83. The smallest absolute Gasteiger partial charge is 0.330 e. The first-order chi connectivity index (χ1) is 17.0. The molecule has 0 bridgehead atoms. The van der Waals surface area contributed by atoms with Crippen molar-refractivity contribution < 1.29 is 24.5 Å². The molecule has 0 heterocycles. The maximum absolute atomic E-state index is 11.8. The van der Waals surface area contributed by atoms with E-state index in [2.05, 4.69) is 40.7 Å². The van der Waals surface area contributed by atoms with Crippen LogP contribution >= 0.6 is 0 Å². The van der Waals surface area contributed by atoms with Crippen LogP contribution in [0, 0.1) is 39.4 Å². The van der Waals surface area contributed by atoms with Crippen LogP contribution in [0.4, 0.5) is 0 Å². The van der Waals surface area contributed by atoms with E-state index in [1.54, 1.807) is 18.6 Å². The van der Waals surface area contributed by atoms with Gasteiger partial charge in [0.1, 0.15) is 6.10 Å². The fourth-order valence-corrected chi connectivity index (χ4v) is 9.93. The standard InChI is InChI=1S/C32H50O5/c1-20(27(34)35)10-9-16-32(8,36)25-14-19-30(6)23-11-12-24-28(3,4)26(37-21(2)33)15-17-29(24,5)22(23)13-18-31(25,30)7/h10-11,22,24-26,36H,9,12-19H2,1-8H3,(H,34,35)/b20-10+/t22-,24-,25-,26+,29+,30-,31+,32-/m0/s1. The van der Waals surface area contributed by atoms with Gasteiger partial charge in [0.25, 0.3) is 0 Å². The van der Waals surface area contributed by atoms with E-state index in [1.807, 2.05) is 6.92 Å². The third-order valence-electron chi connectivity index (χ3n) is 12.3. The Balaban J connectivity index is 1.61. The van der Waals surface area contributed by atoms with E-state index in [1.165, 1.54) is 6.92 Å². The number of rotatable bonds is 6. The largest absolute Gasteiger partial charge is 0.478 e. The average molecular weight is 515 g/mol. The summed E-state index contributed by atoms with van der Waals surface area (Å²) in [5.74, 6) is 0.134. The average Bonchev–Trinajstić information content (AvgIpc) is 3.07. The third kappa shape index (κ3) is 4.32. The summed E-state index contributed by atoms with van der Waals surface area (Å²) in [5.41, 5.74) is 1.34. The summed E-state index contributed by atoms with van der Waals surface area (Å²) in [6, 6.07) is 0. The highest BCUT2D eigenvalue weighted by atomic mass is 16.5. The lowest BCUT2D eigenvalue weighted by atomic mass is 9.41. The Bertz CT molecular complexity index is 1000. The van der Waals surface area contributed by atoms with Gasteiger partial charge in [0, 0.05) is 17.9 Å². The number of hydrogen-bond acceptors (Lipinski definition) is 4. The van der Waals surface area contributed by atoms with Gasteiger partial charge in [-0.05, 0) is 106 Å². The molecular weight excluding hydrogens is 464 g/mol. The van der Waals surface area contributed by atoms with Crippen molar-refractivity contribution in [3.63, 3.8) is 0 Å². The van der Waals surface area contributed by atoms with Crippen molar-refractivity contribution in [3.05, 3.63) is 23.3 Å². The molecule has 5 nitrogen and oxygen atoms in total. The van der Waals surface area contributed by atoms with Gasteiger partial charge in [0.2, 0.25) is 0 Å². The molecule has 0 unspecified atom stereocenters. The molecule has 0 aromatic heterocycles. The number of ether oxygens (including phenoxy) is 1. The van der Waals surface area contributed by atoms with E-state index in [9.17, 15) is 19.8 Å². The van der Waals surface area contributed by atoms with Crippen molar-refractivity contribution in [3.8, 4) is 0 Å². The molecule has 4 rings (SSSR count). The number of allylic oxidation sites excluding steroid dienone is 3. The van der Waals surface area contributed by atoms with Crippen LogP contribution in [0.3, 0.4) is 0 Å². The third-order valence-corrected chi connectivity index (χ3v) is 12.3. The minimum absolute atomic E-state index is 0.0120. The molecule has 0 spiro atoms. The van der Waals surface area contributed by atoms with E-state index in [0.29, 0.717) is 30.3 Å². The van der Waals surface area contributed by atoms with Crippen LogP contribution < -0.4 is 0 Å². The predicted molar refractivity (Wildman–Crippen MR) is 146 cm³/mol. The topological polar surface area (TPSA) is 83.8 Å². The molecular formula is C32H50O5. The van der Waals surface area contributed by atoms with E-state index < -0.39 is 11.6 Å². The van der Waals surface area contributed by atoms with Gasteiger partial charge in [-0.2, -0.15) is 0 Å². The lowest BCUT2D eigenvalue weighted by molar-refractivity contribution is -0.175.